The monoisotopic (exact) mass is 530 g/mol. The molecule has 3 aromatic heterocycles. The van der Waals surface area contributed by atoms with E-state index < -0.39 is 17.7 Å². The normalized spacial score (nSPS) is 14.8. The molecule has 0 spiro atoms. The van der Waals surface area contributed by atoms with Gasteiger partial charge in [-0.25, -0.2) is 18.8 Å². The fourth-order valence-corrected chi connectivity index (χ4v) is 4.95. The third-order valence-corrected chi connectivity index (χ3v) is 7.18. The molecule has 2 aromatic carbocycles. The molecule has 1 atom stereocenters. The number of fused-ring (bicyclic) bond motifs is 1. The second kappa shape index (κ2) is 9.37. The molecule has 1 saturated carbocycles. The third kappa shape index (κ3) is 4.45. The number of aromatic amines is 1. The number of hydrogen-bond donors (Lipinski definition) is 1. The second-order valence-electron chi connectivity index (χ2n) is 10.0. The number of methoxy groups -OCH3 is 1. The van der Waals surface area contributed by atoms with Crippen molar-refractivity contribution in [1.29, 1.82) is 0 Å². The maximum Gasteiger partial charge on any atom is 0.264 e. The Hall–Kier alpha value is -4.47. The van der Waals surface area contributed by atoms with E-state index in [2.05, 4.69) is 9.97 Å². The smallest absolute Gasteiger partial charge is 0.264 e. The van der Waals surface area contributed by atoms with Crippen LogP contribution >= 0.6 is 0 Å². The summed E-state index contributed by atoms with van der Waals surface area (Å²) >= 11 is 0. The number of halogens is 2. The van der Waals surface area contributed by atoms with Crippen LogP contribution in [0.1, 0.15) is 37.1 Å². The van der Waals surface area contributed by atoms with E-state index in [-0.39, 0.29) is 11.6 Å². The number of aromatic nitrogens is 5. The van der Waals surface area contributed by atoms with Crippen molar-refractivity contribution in [2.75, 3.05) is 7.11 Å². The molecular weight excluding hydrogens is 502 g/mol. The molecule has 5 aromatic rings. The molecule has 0 amide bonds. The van der Waals surface area contributed by atoms with E-state index in [1.54, 1.807) is 26.4 Å². The maximum absolute atomic E-state index is 14.1. The van der Waals surface area contributed by atoms with Gasteiger partial charge in [-0.15, -0.1) is 0 Å². The molecule has 0 radical (unpaired) electrons. The molecule has 1 fully saturated rings. The molecule has 200 valence electrons. The van der Waals surface area contributed by atoms with Gasteiger partial charge >= 0.3 is 0 Å². The Morgan fingerprint density at radius 3 is 2.51 bits per heavy atom. The quantitative estimate of drug-likeness (QED) is 0.343. The van der Waals surface area contributed by atoms with E-state index in [4.69, 9.17) is 9.73 Å². The van der Waals surface area contributed by atoms with Crippen molar-refractivity contribution >= 4 is 11.0 Å². The standard InChI is InChI=1S/C29H28F2N6O2/c1-16-14-36(15-32-16)25-8-5-18(11-26(25)39-4)24-13-23-27(34-24)35(3)29(33-22-6-7-22)37(28(23)38)17(2)19-9-20(30)12-21(31)10-19/h5,8-15,17,22,34H,6-7H2,1-4H3. The molecule has 39 heavy (non-hydrogen) atoms. The van der Waals surface area contributed by atoms with Crippen LogP contribution < -0.4 is 15.9 Å². The van der Waals surface area contributed by atoms with Crippen molar-refractivity contribution in [2.45, 2.75) is 38.8 Å². The first-order chi connectivity index (χ1) is 18.7. The summed E-state index contributed by atoms with van der Waals surface area (Å²) < 4.78 is 39.1. The van der Waals surface area contributed by atoms with Crippen molar-refractivity contribution in [3.63, 3.8) is 0 Å². The lowest BCUT2D eigenvalue weighted by Gasteiger charge is -2.19. The van der Waals surface area contributed by atoms with E-state index in [0.29, 0.717) is 28.0 Å². The largest absolute Gasteiger partial charge is 0.495 e. The number of rotatable bonds is 6. The van der Waals surface area contributed by atoms with Crippen LogP contribution in [0.15, 0.2) is 64.8 Å². The van der Waals surface area contributed by atoms with Crippen LogP contribution in [0.2, 0.25) is 0 Å². The van der Waals surface area contributed by atoms with Crippen LogP contribution in [0.5, 0.6) is 5.75 Å². The van der Waals surface area contributed by atoms with E-state index >= 15 is 0 Å². The number of nitrogens with zero attached hydrogens (tertiary/aromatic N) is 5. The molecule has 3 heterocycles. The molecule has 6 rings (SSSR count). The molecule has 0 bridgehead atoms. The summed E-state index contributed by atoms with van der Waals surface area (Å²) in [5.74, 6) is -0.733. The minimum atomic E-state index is -0.691. The molecule has 0 aliphatic heterocycles. The average molecular weight is 531 g/mol. The van der Waals surface area contributed by atoms with Crippen LogP contribution in [-0.2, 0) is 7.05 Å². The van der Waals surface area contributed by atoms with Crippen LogP contribution in [-0.4, -0.2) is 36.8 Å². The highest BCUT2D eigenvalue weighted by Crippen LogP contribution is 2.31. The van der Waals surface area contributed by atoms with Gasteiger partial charge in [-0.3, -0.25) is 9.36 Å². The summed E-state index contributed by atoms with van der Waals surface area (Å²) in [6, 6.07) is 10.4. The van der Waals surface area contributed by atoms with Crippen LogP contribution in [0.3, 0.4) is 0 Å². The SMILES string of the molecule is COc1cc(-c2cc3c(=O)n(C(C)c4cc(F)cc(F)c4)c(=NC4CC4)n(C)c3[nH]2)ccc1-n1cnc(C)c1. The number of hydrogen-bond acceptors (Lipinski definition) is 4. The van der Waals surface area contributed by atoms with Gasteiger partial charge in [-0.2, -0.15) is 0 Å². The van der Waals surface area contributed by atoms with Crippen molar-refractivity contribution in [1.82, 2.24) is 23.7 Å². The summed E-state index contributed by atoms with van der Waals surface area (Å²) in [5.41, 5.74) is 4.40. The number of imidazole rings is 1. The number of H-pyrrole nitrogens is 1. The zero-order valence-electron chi connectivity index (χ0n) is 22.1. The summed E-state index contributed by atoms with van der Waals surface area (Å²) in [4.78, 5) is 26.4. The summed E-state index contributed by atoms with van der Waals surface area (Å²) in [5, 5.41) is 0.444. The van der Waals surface area contributed by atoms with Gasteiger partial charge in [-0.05, 0) is 62.6 Å². The topological polar surface area (TPSA) is 82.1 Å². The zero-order chi connectivity index (χ0) is 27.4. The molecule has 1 N–H and O–H groups in total. The Morgan fingerprint density at radius 1 is 1.13 bits per heavy atom. The number of benzene rings is 2. The van der Waals surface area contributed by atoms with Gasteiger partial charge in [-0.1, -0.05) is 6.07 Å². The lowest BCUT2D eigenvalue weighted by atomic mass is 10.1. The van der Waals surface area contributed by atoms with E-state index in [0.717, 1.165) is 41.5 Å². The second-order valence-corrected chi connectivity index (χ2v) is 10.0. The molecule has 1 aliphatic rings. The highest BCUT2D eigenvalue weighted by atomic mass is 19.1. The average Bonchev–Trinajstić information content (AvgIpc) is 3.44. The van der Waals surface area contributed by atoms with E-state index in [9.17, 15) is 13.6 Å². The van der Waals surface area contributed by atoms with Crippen molar-refractivity contribution in [2.24, 2.45) is 12.0 Å². The Labute approximate surface area is 222 Å². The Morgan fingerprint density at radius 2 is 1.87 bits per heavy atom. The summed E-state index contributed by atoms with van der Waals surface area (Å²) in [6.45, 7) is 3.67. The van der Waals surface area contributed by atoms with Gasteiger partial charge in [0.1, 0.15) is 23.0 Å². The van der Waals surface area contributed by atoms with Crippen LogP contribution in [0.4, 0.5) is 8.78 Å². The highest BCUT2D eigenvalue weighted by Gasteiger charge is 2.24. The fraction of sp³-hybridized carbons (Fsp3) is 0.276. The summed E-state index contributed by atoms with van der Waals surface area (Å²) in [6.07, 6.45) is 5.52. The first-order valence-corrected chi connectivity index (χ1v) is 12.8. The van der Waals surface area contributed by atoms with E-state index in [1.165, 1.54) is 16.7 Å². The minimum absolute atomic E-state index is 0.119. The Bertz CT molecular complexity index is 1840. The van der Waals surface area contributed by atoms with E-state index in [1.807, 2.05) is 47.5 Å². The molecule has 0 saturated heterocycles. The Balaban J connectivity index is 1.53. The Kier molecular flexibility index (Phi) is 5.97. The van der Waals surface area contributed by atoms with Crippen molar-refractivity contribution in [3.8, 4) is 22.7 Å². The van der Waals surface area contributed by atoms with Gasteiger partial charge in [0, 0.05) is 30.6 Å². The van der Waals surface area contributed by atoms with Gasteiger partial charge in [0.25, 0.3) is 5.56 Å². The van der Waals surface area contributed by atoms with Crippen molar-refractivity contribution in [3.05, 3.63) is 93.9 Å². The van der Waals surface area contributed by atoms with Gasteiger partial charge in [0.15, 0.2) is 0 Å². The predicted octanol–water partition coefficient (Wildman–Crippen LogP) is 4.79. The lowest BCUT2D eigenvalue weighted by molar-refractivity contribution is 0.413. The zero-order valence-corrected chi connectivity index (χ0v) is 22.1. The van der Waals surface area contributed by atoms with Crippen LogP contribution in [0, 0.1) is 18.6 Å². The van der Waals surface area contributed by atoms with Gasteiger partial charge < -0.3 is 18.9 Å². The number of aryl methyl sites for hydroxylation is 2. The first-order valence-electron chi connectivity index (χ1n) is 12.8. The first kappa shape index (κ1) is 24.8. The third-order valence-electron chi connectivity index (χ3n) is 7.18. The molecule has 1 aliphatic carbocycles. The molecule has 8 nitrogen and oxygen atoms in total. The predicted molar refractivity (Wildman–Crippen MR) is 144 cm³/mol. The maximum atomic E-state index is 14.1. The minimum Gasteiger partial charge on any atom is -0.495 e. The summed E-state index contributed by atoms with van der Waals surface area (Å²) in [7, 11) is 3.45. The molecule has 10 heteroatoms. The van der Waals surface area contributed by atoms with Crippen LogP contribution in [0.25, 0.3) is 28.0 Å². The number of ether oxygens (including phenoxy) is 1. The number of nitrogens with one attached hydrogen (secondary N) is 1. The fourth-order valence-electron chi connectivity index (χ4n) is 4.95. The van der Waals surface area contributed by atoms with Crippen molar-refractivity contribution < 1.29 is 13.5 Å². The van der Waals surface area contributed by atoms with Gasteiger partial charge in [0.05, 0.1) is 42.3 Å². The highest BCUT2D eigenvalue weighted by molar-refractivity contribution is 5.83. The lowest BCUT2D eigenvalue weighted by Crippen LogP contribution is -2.42. The van der Waals surface area contributed by atoms with Gasteiger partial charge in [0.2, 0.25) is 5.62 Å². The molecular formula is C29H28F2N6O2. The molecule has 1 unspecified atom stereocenters.